The zero-order chi connectivity index (χ0) is 21.9. The number of nitrogens with two attached hydrogens (primary N) is 1. The molecule has 0 bridgehead atoms. The average Bonchev–Trinajstić information content (AvgIpc) is 3.18. The topological polar surface area (TPSA) is 107 Å². The van der Waals surface area contributed by atoms with Crippen molar-refractivity contribution < 1.29 is 13.2 Å². The minimum absolute atomic E-state index is 0.104. The van der Waals surface area contributed by atoms with Crippen LogP contribution in [0.1, 0.15) is 43.4 Å². The SMILES string of the molecule is CCc1ccccc1CC(=O)Nc1ccc(-n2cc(C(C)C)cn2)c(S(N)(=O)=O)c1. The molecule has 0 saturated heterocycles. The third kappa shape index (κ3) is 4.95. The Balaban J connectivity index is 1.88. The van der Waals surface area contributed by atoms with Crippen molar-refractivity contribution in [2.75, 3.05) is 5.32 Å². The van der Waals surface area contributed by atoms with Gasteiger partial charge in [0, 0.05) is 11.9 Å². The largest absolute Gasteiger partial charge is 0.326 e. The third-order valence-corrected chi connectivity index (χ3v) is 5.86. The molecule has 2 aromatic carbocycles. The molecule has 0 saturated carbocycles. The Hall–Kier alpha value is -2.97. The number of carbonyl (C=O) groups is 1. The summed E-state index contributed by atoms with van der Waals surface area (Å²) in [5.41, 5.74) is 3.71. The zero-order valence-corrected chi connectivity index (χ0v) is 18.1. The predicted octanol–water partition coefficient (Wildman–Crippen LogP) is 3.39. The minimum atomic E-state index is -4.03. The van der Waals surface area contributed by atoms with Gasteiger partial charge >= 0.3 is 0 Å². The molecule has 8 heteroatoms. The normalized spacial score (nSPS) is 11.6. The summed E-state index contributed by atoms with van der Waals surface area (Å²) >= 11 is 0. The van der Waals surface area contributed by atoms with Crippen LogP contribution in [0.5, 0.6) is 0 Å². The molecular weight excluding hydrogens is 400 g/mol. The molecule has 3 rings (SSSR count). The fourth-order valence-corrected chi connectivity index (χ4v) is 3.97. The molecule has 1 heterocycles. The maximum Gasteiger partial charge on any atom is 0.240 e. The highest BCUT2D eigenvalue weighted by Gasteiger charge is 2.18. The quantitative estimate of drug-likeness (QED) is 0.604. The monoisotopic (exact) mass is 426 g/mol. The predicted molar refractivity (Wildman–Crippen MR) is 117 cm³/mol. The lowest BCUT2D eigenvalue weighted by atomic mass is 10.0. The van der Waals surface area contributed by atoms with Gasteiger partial charge in [0.25, 0.3) is 0 Å². The minimum Gasteiger partial charge on any atom is -0.326 e. The van der Waals surface area contributed by atoms with Crippen molar-refractivity contribution in [2.45, 2.75) is 44.4 Å². The van der Waals surface area contributed by atoms with Gasteiger partial charge in [-0.1, -0.05) is 45.0 Å². The van der Waals surface area contributed by atoms with Crippen molar-refractivity contribution in [3.63, 3.8) is 0 Å². The summed E-state index contributed by atoms with van der Waals surface area (Å²) in [7, 11) is -4.03. The molecule has 0 spiro atoms. The molecular formula is C22H26N4O3S. The van der Waals surface area contributed by atoms with E-state index in [1.54, 1.807) is 24.5 Å². The van der Waals surface area contributed by atoms with E-state index in [0.29, 0.717) is 11.4 Å². The van der Waals surface area contributed by atoms with Gasteiger partial charge in [-0.3, -0.25) is 4.79 Å². The van der Waals surface area contributed by atoms with Gasteiger partial charge in [-0.25, -0.2) is 18.2 Å². The highest BCUT2D eigenvalue weighted by atomic mass is 32.2. The maximum absolute atomic E-state index is 12.5. The van der Waals surface area contributed by atoms with Crippen LogP contribution in [0.3, 0.4) is 0 Å². The van der Waals surface area contributed by atoms with Gasteiger partial charge in [0.1, 0.15) is 4.90 Å². The number of hydrogen-bond acceptors (Lipinski definition) is 4. The van der Waals surface area contributed by atoms with Crippen LogP contribution in [0.4, 0.5) is 5.69 Å². The summed E-state index contributed by atoms with van der Waals surface area (Å²) in [5, 5.41) is 12.5. The molecule has 0 aliphatic heterocycles. The number of hydrogen-bond donors (Lipinski definition) is 2. The van der Waals surface area contributed by atoms with Crippen molar-refractivity contribution in [1.29, 1.82) is 0 Å². The summed E-state index contributed by atoms with van der Waals surface area (Å²) in [5.74, 6) is 0.0199. The molecule has 0 atom stereocenters. The first-order valence-electron chi connectivity index (χ1n) is 9.77. The number of anilines is 1. The van der Waals surface area contributed by atoms with E-state index < -0.39 is 10.0 Å². The Morgan fingerprint density at radius 1 is 1.17 bits per heavy atom. The second kappa shape index (κ2) is 8.81. The Labute approximate surface area is 177 Å². The second-order valence-electron chi connectivity index (χ2n) is 7.45. The third-order valence-electron chi connectivity index (χ3n) is 4.92. The molecule has 7 nitrogen and oxygen atoms in total. The number of primary sulfonamides is 1. The lowest BCUT2D eigenvalue weighted by molar-refractivity contribution is -0.115. The van der Waals surface area contributed by atoms with Gasteiger partial charge in [0.15, 0.2) is 0 Å². The van der Waals surface area contributed by atoms with Gasteiger partial charge in [0.05, 0.1) is 18.3 Å². The highest BCUT2D eigenvalue weighted by molar-refractivity contribution is 7.89. The van der Waals surface area contributed by atoms with Crippen molar-refractivity contribution in [3.05, 3.63) is 71.5 Å². The molecule has 0 aliphatic carbocycles. The molecule has 0 unspecified atom stereocenters. The summed E-state index contributed by atoms with van der Waals surface area (Å²) in [6, 6.07) is 12.3. The Kier molecular flexibility index (Phi) is 6.38. The summed E-state index contributed by atoms with van der Waals surface area (Å²) in [6.07, 6.45) is 4.50. The molecule has 1 amide bonds. The first kappa shape index (κ1) is 21.7. The molecule has 0 fully saturated rings. The number of amides is 1. The molecule has 3 aromatic rings. The lowest BCUT2D eigenvalue weighted by Crippen LogP contribution is -2.18. The molecule has 0 radical (unpaired) electrons. The molecule has 0 aliphatic rings. The van der Waals surface area contributed by atoms with Crippen LogP contribution >= 0.6 is 0 Å². The van der Waals surface area contributed by atoms with E-state index >= 15 is 0 Å². The van der Waals surface area contributed by atoms with Crippen LogP contribution in [0.2, 0.25) is 0 Å². The fraction of sp³-hybridized carbons (Fsp3) is 0.273. The van der Waals surface area contributed by atoms with Gasteiger partial charge < -0.3 is 5.32 Å². The molecule has 158 valence electrons. The van der Waals surface area contributed by atoms with Crippen molar-refractivity contribution >= 4 is 21.6 Å². The molecule has 30 heavy (non-hydrogen) atoms. The van der Waals surface area contributed by atoms with Gasteiger partial charge in [-0.15, -0.1) is 0 Å². The zero-order valence-electron chi connectivity index (χ0n) is 17.3. The van der Waals surface area contributed by atoms with Crippen molar-refractivity contribution in [1.82, 2.24) is 9.78 Å². The van der Waals surface area contributed by atoms with Gasteiger partial charge in [0.2, 0.25) is 15.9 Å². The maximum atomic E-state index is 12.5. The van der Waals surface area contributed by atoms with Crippen LogP contribution in [0, 0.1) is 0 Å². The van der Waals surface area contributed by atoms with Crippen LogP contribution in [0.25, 0.3) is 5.69 Å². The number of rotatable bonds is 7. The van der Waals surface area contributed by atoms with E-state index in [4.69, 9.17) is 5.14 Å². The average molecular weight is 427 g/mol. The number of carbonyl (C=O) groups excluding carboxylic acids is 1. The van der Waals surface area contributed by atoms with E-state index in [2.05, 4.69) is 10.4 Å². The Morgan fingerprint density at radius 2 is 1.87 bits per heavy atom. The number of aryl methyl sites for hydroxylation is 1. The van der Waals surface area contributed by atoms with Gasteiger partial charge in [-0.05, 0) is 47.2 Å². The lowest BCUT2D eigenvalue weighted by Gasteiger charge is -2.12. The first-order chi connectivity index (χ1) is 14.2. The van der Waals surface area contributed by atoms with E-state index in [9.17, 15) is 13.2 Å². The second-order valence-corrected chi connectivity index (χ2v) is 8.98. The number of nitrogens with zero attached hydrogens (tertiary/aromatic N) is 2. The first-order valence-corrected chi connectivity index (χ1v) is 11.3. The number of sulfonamides is 1. The van der Waals surface area contributed by atoms with Crippen LogP contribution in [-0.4, -0.2) is 24.1 Å². The van der Waals surface area contributed by atoms with Crippen molar-refractivity contribution in [3.8, 4) is 5.69 Å². The number of nitrogens with one attached hydrogen (secondary N) is 1. The van der Waals surface area contributed by atoms with E-state index in [1.807, 2.05) is 45.0 Å². The van der Waals surface area contributed by atoms with Crippen molar-refractivity contribution in [2.24, 2.45) is 5.14 Å². The Bertz CT molecular complexity index is 1170. The fourth-order valence-electron chi connectivity index (χ4n) is 3.23. The number of benzene rings is 2. The van der Waals surface area contributed by atoms with E-state index in [1.165, 1.54) is 10.7 Å². The highest BCUT2D eigenvalue weighted by Crippen LogP contribution is 2.25. The number of aromatic nitrogens is 2. The Morgan fingerprint density at radius 3 is 2.47 bits per heavy atom. The molecule has 3 N–H and O–H groups in total. The summed E-state index contributed by atoms with van der Waals surface area (Å²) < 4.78 is 25.9. The van der Waals surface area contributed by atoms with E-state index in [0.717, 1.165) is 23.1 Å². The van der Waals surface area contributed by atoms with Crippen LogP contribution < -0.4 is 10.5 Å². The smallest absolute Gasteiger partial charge is 0.240 e. The van der Waals surface area contributed by atoms with E-state index in [-0.39, 0.29) is 23.1 Å². The van der Waals surface area contributed by atoms with Gasteiger partial charge in [-0.2, -0.15) is 5.10 Å². The summed E-state index contributed by atoms with van der Waals surface area (Å²) in [6.45, 7) is 6.09. The van der Waals surface area contributed by atoms with Crippen LogP contribution in [-0.2, 0) is 27.7 Å². The molecule has 1 aromatic heterocycles. The summed E-state index contributed by atoms with van der Waals surface area (Å²) in [4.78, 5) is 12.4. The van der Waals surface area contributed by atoms with Crippen LogP contribution in [0.15, 0.2) is 59.8 Å². The standard InChI is InChI=1S/C22H26N4O3S/c1-4-16-7-5-6-8-17(16)11-22(27)25-19-9-10-20(21(12-19)30(23,28)29)26-14-18(13-24-26)15(2)3/h5-10,12-15H,4,11H2,1-3H3,(H,25,27)(H2,23,28,29).